The average Bonchev–Trinajstić information content (AvgIpc) is 3.15. The van der Waals surface area contributed by atoms with Crippen molar-refractivity contribution in [3.63, 3.8) is 0 Å². The van der Waals surface area contributed by atoms with E-state index in [1.165, 1.54) is 0 Å². The number of aryl methyl sites for hydroxylation is 1. The lowest BCUT2D eigenvalue weighted by Gasteiger charge is -2.14. The molecule has 0 spiro atoms. The van der Waals surface area contributed by atoms with Crippen molar-refractivity contribution in [2.45, 2.75) is 6.92 Å². The highest BCUT2D eigenvalue weighted by molar-refractivity contribution is 9.11. The standard InChI is InChI=1S/C28H24Br2N2O6S/c1-17-6-5-7-19(12-17)31-25(33)16-38-26-20(29)13-18(14-21(26)30)15-24-27(34)32(28(35)39-24)10-11-37-23-9-4-3-8-22(23)36-2/h3-9,12-15H,10-11,16H2,1-2H3,(H,31,33)/b24-15-. The Hall–Kier alpha value is -3.28. The van der Waals surface area contributed by atoms with Gasteiger partial charge < -0.3 is 19.5 Å². The van der Waals surface area contributed by atoms with Crippen LogP contribution < -0.4 is 19.5 Å². The maximum atomic E-state index is 12.9. The molecule has 0 aromatic heterocycles. The minimum Gasteiger partial charge on any atom is -0.493 e. The number of nitrogens with zero attached hydrogens (tertiary/aromatic N) is 1. The molecule has 1 aliphatic heterocycles. The third kappa shape index (κ3) is 7.43. The predicted octanol–water partition coefficient (Wildman–Crippen LogP) is 6.66. The minimum atomic E-state index is -0.394. The molecular weight excluding hydrogens is 652 g/mol. The van der Waals surface area contributed by atoms with Crippen molar-refractivity contribution in [2.75, 3.05) is 32.2 Å². The number of benzene rings is 3. The molecule has 3 amide bonds. The first-order chi connectivity index (χ1) is 18.7. The summed E-state index contributed by atoms with van der Waals surface area (Å²) in [5.41, 5.74) is 2.40. The molecule has 0 saturated carbocycles. The lowest BCUT2D eigenvalue weighted by atomic mass is 10.2. The Labute approximate surface area is 246 Å². The van der Waals surface area contributed by atoms with Crippen LogP contribution in [0.1, 0.15) is 11.1 Å². The van der Waals surface area contributed by atoms with Gasteiger partial charge in [-0.05, 0) is 104 Å². The molecule has 0 bridgehead atoms. The Morgan fingerprint density at radius 2 is 1.72 bits per heavy atom. The number of ether oxygens (including phenoxy) is 3. The van der Waals surface area contributed by atoms with E-state index in [1.807, 2.05) is 37.3 Å². The van der Waals surface area contributed by atoms with Crippen LogP contribution in [0.2, 0.25) is 0 Å². The fourth-order valence-corrected chi connectivity index (χ4v) is 6.00. The molecule has 1 N–H and O–H groups in total. The van der Waals surface area contributed by atoms with Gasteiger partial charge in [0.1, 0.15) is 12.4 Å². The van der Waals surface area contributed by atoms with Gasteiger partial charge in [0.2, 0.25) is 0 Å². The quantitative estimate of drug-likeness (QED) is 0.240. The first-order valence-electron chi connectivity index (χ1n) is 11.7. The summed E-state index contributed by atoms with van der Waals surface area (Å²) < 4.78 is 17.8. The second-order valence-corrected chi connectivity index (χ2v) is 11.1. The summed E-state index contributed by atoms with van der Waals surface area (Å²) >= 11 is 7.80. The van der Waals surface area contributed by atoms with Gasteiger partial charge in [-0.15, -0.1) is 0 Å². The van der Waals surface area contributed by atoms with Crippen LogP contribution in [0.5, 0.6) is 17.2 Å². The van der Waals surface area contributed by atoms with Crippen molar-refractivity contribution < 1.29 is 28.6 Å². The Morgan fingerprint density at radius 3 is 2.41 bits per heavy atom. The first kappa shape index (κ1) is 28.7. The number of anilines is 1. The molecule has 4 rings (SSSR count). The molecule has 3 aromatic rings. The second-order valence-electron chi connectivity index (χ2n) is 8.35. The van der Waals surface area contributed by atoms with Crippen molar-refractivity contribution in [3.05, 3.63) is 85.6 Å². The van der Waals surface area contributed by atoms with E-state index >= 15 is 0 Å². The molecular formula is C28H24Br2N2O6S. The molecule has 39 heavy (non-hydrogen) atoms. The number of hydrogen-bond donors (Lipinski definition) is 1. The maximum Gasteiger partial charge on any atom is 0.293 e. The van der Waals surface area contributed by atoms with Gasteiger partial charge in [0.15, 0.2) is 18.1 Å². The van der Waals surface area contributed by atoms with E-state index in [4.69, 9.17) is 14.2 Å². The zero-order chi connectivity index (χ0) is 27.9. The van der Waals surface area contributed by atoms with E-state index in [0.29, 0.717) is 42.3 Å². The Kier molecular flexibility index (Phi) is 9.71. The number of rotatable bonds is 10. The van der Waals surface area contributed by atoms with E-state index in [1.54, 1.807) is 43.5 Å². The van der Waals surface area contributed by atoms with Crippen molar-refractivity contribution in [3.8, 4) is 17.2 Å². The summed E-state index contributed by atoms with van der Waals surface area (Å²) in [4.78, 5) is 39.2. The number of carbonyl (C=O) groups is 3. The second kappa shape index (κ2) is 13.2. The monoisotopic (exact) mass is 674 g/mol. The molecule has 3 aromatic carbocycles. The fourth-order valence-electron chi connectivity index (χ4n) is 3.69. The summed E-state index contributed by atoms with van der Waals surface area (Å²) in [6.07, 6.45) is 1.63. The summed E-state index contributed by atoms with van der Waals surface area (Å²) in [6, 6.07) is 18.1. The maximum absolute atomic E-state index is 12.9. The molecule has 0 atom stereocenters. The van der Waals surface area contributed by atoms with Gasteiger partial charge in [0.05, 0.1) is 27.5 Å². The highest BCUT2D eigenvalue weighted by Gasteiger charge is 2.35. The van der Waals surface area contributed by atoms with Crippen LogP contribution in [0.25, 0.3) is 6.08 Å². The number of halogens is 2. The molecule has 1 fully saturated rings. The normalized spacial score (nSPS) is 14.1. The molecule has 11 heteroatoms. The number of thioether (sulfide) groups is 1. The molecule has 1 saturated heterocycles. The van der Waals surface area contributed by atoms with Gasteiger partial charge in [0.25, 0.3) is 17.1 Å². The lowest BCUT2D eigenvalue weighted by Crippen LogP contribution is -2.32. The Balaban J connectivity index is 1.36. The van der Waals surface area contributed by atoms with E-state index < -0.39 is 5.91 Å². The summed E-state index contributed by atoms with van der Waals surface area (Å²) in [5, 5.41) is 2.43. The molecule has 8 nitrogen and oxygen atoms in total. The Morgan fingerprint density at radius 1 is 1.00 bits per heavy atom. The zero-order valence-corrected chi connectivity index (χ0v) is 25.0. The number of amides is 3. The zero-order valence-electron chi connectivity index (χ0n) is 21.0. The highest BCUT2D eigenvalue weighted by Crippen LogP contribution is 2.38. The third-order valence-electron chi connectivity index (χ3n) is 5.48. The van der Waals surface area contributed by atoms with Crippen molar-refractivity contribution >= 4 is 72.4 Å². The molecule has 0 unspecified atom stereocenters. The van der Waals surface area contributed by atoms with Crippen molar-refractivity contribution in [1.29, 1.82) is 0 Å². The molecule has 0 radical (unpaired) electrons. The van der Waals surface area contributed by atoms with Crippen LogP contribution in [0.3, 0.4) is 0 Å². The van der Waals surface area contributed by atoms with E-state index in [9.17, 15) is 14.4 Å². The number of hydrogen-bond acceptors (Lipinski definition) is 7. The summed E-state index contributed by atoms with van der Waals surface area (Å²) in [7, 11) is 1.54. The number of para-hydroxylation sites is 2. The summed E-state index contributed by atoms with van der Waals surface area (Å²) in [6.45, 7) is 1.98. The van der Waals surface area contributed by atoms with Crippen molar-refractivity contribution in [1.82, 2.24) is 4.90 Å². The topological polar surface area (TPSA) is 94.2 Å². The van der Waals surface area contributed by atoms with Crippen molar-refractivity contribution in [2.24, 2.45) is 0 Å². The van der Waals surface area contributed by atoms with Crippen LogP contribution in [-0.2, 0) is 9.59 Å². The Bertz CT molecular complexity index is 1420. The van der Waals surface area contributed by atoms with E-state index in [0.717, 1.165) is 22.2 Å². The van der Waals surface area contributed by atoms with Gasteiger partial charge in [-0.2, -0.15) is 0 Å². The average molecular weight is 676 g/mol. The number of imide groups is 1. The van der Waals surface area contributed by atoms with Gasteiger partial charge in [-0.1, -0.05) is 24.3 Å². The van der Waals surface area contributed by atoms with Gasteiger partial charge in [0, 0.05) is 5.69 Å². The smallest absolute Gasteiger partial charge is 0.293 e. The minimum absolute atomic E-state index is 0.102. The SMILES string of the molecule is COc1ccccc1OCCN1C(=O)S/C(=C\c2cc(Br)c(OCC(=O)Nc3cccc(C)c3)c(Br)c2)C1=O. The largest absolute Gasteiger partial charge is 0.493 e. The van der Waals surface area contributed by atoms with Gasteiger partial charge in [-0.3, -0.25) is 19.3 Å². The number of methoxy groups -OCH3 is 1. The predicted molar refractivity (Wildman–Crippen MR) is 158 cm³/mol. The van der Waals surface area contributed by atoms with Crippen LogP contribution >= 0.6 is 43.6 Å². The molecule has 202 valence electrons. The van der Waals surface area contributed by atoms with Gasteiger partial charge in [-0.25, -0.2) is 0 Å². The van der Waals surface area contributed by atoms with Gasteiger partial charge >= 0.3 is 0 Å². The first-order valence-corrected chi connectivity index (χ1v) is 14.1. The van der Waals surface area contributed by atoms with Crippen LogP contribution in [0.15, 0.2) is 74.5 Å². The third-order valence-corrected chi connectivity index (χ3v) is 7.57. The number of carbonyl (C=O) groups excluding carboxylic acids is 3. The van der Waals surface area contributed by atoms with E-state index in [-0.39, 0.29) is 30.9 Å². The van der Waals surface area contributed by atoms with Crippen LogP contribution in [0, 0.1) is 6.92 Å². The lowest BCUT2D eigenvalue weighted by molar-refractivity contribution is -0.123. The molecule has 1 aliphatic rings. The highest BCUT2D eigenvalue weighted by atomic mass is 79.9. The van der Waals surface area contributed by atoms with Crippen LogP contribution in [0.4, 0.5) is 10.5 Å². The molecule has 0 aliphatic carbocycles. The number of nitrogens with one attached hydrogen (secondary N) is 1. The summed E-state index contributed by atoms with van der Waals surface area (Å²) in [5.74, 6) is 0.850. The molecule has 1 heterocycles. The van der Waals surface area contributed by atoms with Crippen LogP contribution in [-0.4, -0.2) is 48.8 Å². The fraction of sp³-hybridized carbons (Fsp3) is 0.179. The van der Waals surface area contributed by atoms with E-state index in [2.05, 4.69) is 37.2 Å².